The van der Waals surface area contributed by atoms with Crippen LogP contribution in [0.3, 0.4) is 0 Å². The van der Waals surface area contributed by atoms with Gasteiger partial charge in [0.25, 0.3) is 0 Å². The number of aromatic nitrogens is 3. The summed E-state index contributed by atoms with van der Waals surface area (Å²) in [4.78, 5) is 12.6. The van der Waals surface area contributed by atoms with Crippen molar-refractivity contribution in [1.82, 2.24) is 15.0 Å². The number of aliphatic hydroxyl groups excluding tert-OH is 1. The van der Waals surface area contributed by atoms with Gasteiger partial charge in [-0.1, -0.05) is 23.7 Å². The molecule has 10 heteroatoms. The predicted octanol–water partition coefficient (Wildman–Crippen LogP) is 5.02. The number of hydrogen-bond acceptors (Lipinski definition) is 6. The summed E-state index contributed by atoms with van der Waals surface area (Å²) >= 11 is 6.28. The van der Waals surface area contributed by atoms with E-state index in [0.29, 0.717) is 29.6 Å². The van der Waals surface area contributed by atoms with Crippen molar-refractivity contribution >= 4 is 28.5 Å². The maximum absolute atomic E-state index is 15.0. The number of nitrogens with one attached hydrogen (secondary N) is 1. The lowest BCUT2D eigenvalue weighted by Gasteiger charge is -2.23. The van der Waals surface area contributed by atoms with Crippen LogP contribution in [0.25, 0.3) is 11.0 Å². The molecule has 4 rings (SSSR count). The van der Waals surface area contributed by atoms with Crippen molar-refractivity contribution in [2.24, 2.45) is 0 Å². The van der Waals surface area contributed by atoms with Gasteiger partial charge in [-0.3, -0.25) is 0 Å². The van der Waals surface area contributed by atoms with Crippen LogP contribution in [0, 0.1) is 17.1 Å². The third-order valence-corrected chi connectivity index (χ3v) is 6.08. The minimum absolute atomic E-state index is 0.0209. The molecule has 0 radical (unpaired) electrons. The van der Waals surface area contributed by atoms with Crippen LogP contribution in [0.4, 0.5) is 19.0 Å². The van der Waals surface area contributed by atoms with Crippen LogP contribution in [-0.4, -0.2) is 26.2 Å². The van der Waals surface area contributed by atoms with Gasteiger partial charge in [0.1, 0.15) is 29.2 Å². The minimum Gasteiger partial charge on any atom is -0.387 e. The summed E-state index contributed by atoms with van der Waals surface area (Å²) in [6.07, 6.45) is 0.536. The first-order valence-electron chi connectivity index (χ1n) is 9.95. The maximum atomic E-state index is 15.0. The Morgan fingerprint density at radius 1 is 1.28 bits per heavy atom. The molecule has 2 aromatic heterocycles. The molecule has 0 saturated heterocycles. The Morgan fingerprint density at radius 3 is 2.62 bits per heavy atom. The van der Waals surface area contributed by atoms with Gasteiger partial charge in [-0.25, -0.2) is 19.3 Å². The second-order valence-corrected chi connectivity index (χ2v) is 8.35. The molecule has 2 heterocycles. The summed E-state index contributed by atoms with van der Waals surface area (Å²) in [5.41, 5.74) is -0.736. The molecule has 0 aliphatic heterocycles. The van der Waals surface area contributed by atoms with Crippen LogP contribution in [0.5, 0.6) is 0 Å². The predicted molar refractivity (Wildman–Crippen MR) is 113 cm³/mol. The third kappa shape index (κ3) is 3.63. The highest BCUT2D eigenvalue weighted by Gasteiger charge is 2.47. The molecule has 0 unspecified atom stereocenters. The summed E-state index contributed by atoms with van der Waals surface area (Å²) in [6.45, 7) is 2.50. The molecule has 0 bridgehead atoms. The van der Waals surface area contributed by atoms with Crippen LogP contribution in [0.1, 0.15) is 49.4 Å². The van der Waals surface area contributed by atoms with Crippen molar-refractivity contribution in [3.63, 3.8) is 0 Å². The van der Waals surface area contributed by atoms with E-state index in [2.05, 4.69) is 26.3 Å². The van der Waals surface area contributed by atoms with Gasteiger partial charge >= 0.3 is 5.92 Å². The molecule has 0 amide bonds. The van der Waals surface area contributed by atoms with E-state index in [0.717, 1.165) is 13.0 Å². The number of aliphatic hydroxyl groups is 1. The zero-order chi connectivity index (χ0) is 23.3. The van der Waals surface area contributed by atoms with E-state index in [4.69, 9.17) is 11.6 Å². The van der Waals surface area contributed by atoms with E-state index >= 15 is 0 Å². The number of hydrogen-bond donors (Lipinski definition) is 2. The molecule has 1 aromatic carbocycles. The molecule has 166 valence electrons. The van der Waals surface area contributed by atoms with E-state index in [1.54, 1.807) is 13.0 Å². The molecule has 2 atom stereocenters. The smallest absolute Gasteiger partial charge is 0.301 e. The second kappa shape index (κ2) is 7.87. The Hall–Kier alpha value is -2.96. The highest BCUT2D eigenvalue weighted by atomic mass is 35.5. The molecule has 2 N–H and O–H groups in total. The Balaban J connectivity index is 1.73. The van der Waals surface area contributed by atoms with Crippen molar-refractivity contribution in [2.75, 3.05) is 5.32 Å². The topological polar surface area (TPSA) is 94.7 Å². The number of nitriles is 1. The first-order chi connectivity index (χ1) is 15.1. The monoisotopic (exact) mass is 461 g/mol. The fourth-order valence-corrected chi connectivity index (χ4v) is 3.95. The van der Waals surface area contributed by atoms with Gasteiger partial charge in [-0.15, -0.1) is 0 Å². The third-order valence-electron chi connectivity index (χ3n) is 5.79. The van der Waals surface area contributed by atoms with Crippen LogP contribution in [-0.2, 0) is 11.3 Å². The normalized spacial score (nSPS) is 16.9. The van der Waals surface area contributed by atoms with Crippen molar-refractivity contribution in [3.05, 3.63) is 58.3 Å². The number of anilines is 1. The summed E-state index contributed by atoms with van der Waals surface area (Å²) in [7, 11) is 0. The highest BCUT2D eigenvalue weighted by molar-refractivity contribution is 6.30. The first-order valence-corrected chi connectivity index (χ1v) is 10.3. The molecule has 1 fully saturated rings. The average molecular weight is 462 g/mol. The maximum Gasteiger partial charge on any atom is 0.301 e. The Bertz CT molecular complexity index is 1240. The van der Waals surface area contributed by atoms with Crippen LogP contribution in [0.2, 0.25) is 5.15 Å². The van der Waals surface area contributed by atoms with Gasteiger partial charge in [0, 0.05) is 11.1 Å². The fraction of sp³-hybridized carbons (Fsp3) is 0.364. The standard InChI is InChI=1S/C22H19ClF3N5O/c1-11(13-4-3-5-15(17(13)24)22(25,26)12(2)32)30-19-14-8-16(21(9-27)6-7-21)18(23)31-20(14)29-10-28-19/h3-5,8,10-12,32H,6-7H2,1-2H3,(H,28,29,30,31)/t11-,12+/m1/s1. The average Bonchev–Trinajstić information content (AvgIpc) is 3.54. The van der Waals surface area contributed by atoms with Crippen molar-refractivity contribution in [3.8, 4) is 6.07 Å². The largest absolute Gasteiger partial charge is 0.387 e. The first kappa shape index (κ1) is 22.2. The molecule has 1 aliphatic rings. The van der Waals surface area contributed by atoms with Crippen LogP contribution < -0.4 is 5.32 Å². The number of alkyl halides is 2. The zero-order valence-electron chi connectivity index (χ0n) is 17.2. The van der Waals surface area contributed by atoms with Gasteiger partial charge in [0.05, 0.1) is 28.5 Å². The van der Waals surface area contributed by atoms with E-state index in [9.17, 15) is 23.5 Å². The van der Waals surface area contributed by atoms with Crippen LogP contribution >= 0.6 is 11.6 Å². The summed E-state index contributed by atoms with van der Waals surface area (Å²) in [5, 5.41) is 22.6. The number of pyridine rings is 1. The molecule has 0 spiro atoms. The quantitative estimate of drug-likeness (QED) is 0.500. The van der Waals surface area contributed by atoms with Gasteiger partial charge in [-0.05, 0) is 38.8 Å². The molecular weight excluding hydrogens is 443 g/mol. The molecular formula is C22H19ClF3N5O. The number of benzene rings is 1. The van der Waals surface area contributed by atoms with E-state index < -0.39 is 34.9 Å². The summed E-state index contributed by atoms with van der Waals surface area (Å²) < 4.78 is 43.5. The lowest BCUT2D eigenvalue weighted by atomic mass is 9.97. The molecule has 3 aromatic rings. The van der Waals surface area contributed by atoms with E-state index in [1.807, 2.05) is 0 Å². The van der Waals surface area contributed by atoms with Crippen molar-refractivity contribution in [2.45, 2.75) is 50.2 Å². The summed E-state index contributed by atoms with van der Waals surface area (Å²) in [6, 6.07) is 6.85. The lowest BCUT2D eigenvalue weighted by molar-refractivity contribution is -0.108. The zero-order valence-corrected chi connectivity index (χ0v) is 18.0. The minimum atomic E-state index is -3.74. The Kier molecular flexibility index (Phi) is 5.47. The number of rotatable bonds is 6. The Morgan fingerprint density at radius 2 is 2.00 bits per heavy atom. The van der Waals surface area contributed by atoms with Crippen molar-refractivity contribution in [1.29, 1.82) is 5.26 Å². The molecule has 6 nitrogen and oxygen atoms in total. The Labute approximate surface area is 187 Å². The highest BCUT2D eigenvalue weighted by Crippen LogP contribution is 2.50. The fourth-order valence-electron chi connectivity index (χ4n) is 3.63. The van der Waals surface area contributed by atoms with Gasteiger partial charge in [0.15, 0.2) is 5.65 Å². The van der Waals surface area contributed by atoms with Gasteiger partial charge in [0.2, 0.25) is 0 Å². The molecule has 32 heavy (non-hydrogen) atoms. The second-order valence-electron chi connectivity index (χ2n) is 7.99. The van der Waals surface area contributed by atoms with Crippen LogP contribution in [0.15, 0.2) is 30.6 Å². The van der Waals surface area contributed by atoms with Crippen molar-refractivity contribution < 1.29 is 18.3 Å². The lowest BCUT2D eigenvalue weighted by Crippen LogP contribution is -2.29. The molecule has 1 aliphatic carbocycles. The number of halogens is 4. The number of nitrogens with zero attached hydrogens (tertiary/aromatic N) is 4. The van der Waals surface area contributed by atoms with Gasteiger partial charge < -0.3 is 10.4 Å². The molecule has 1 saturated carbocycles. The van der Waals surface area contributed by atoms with E-state index in [-0.39, 0.29) is 16.4 Å². The van der Waals surface area contributed by atoms with Gasteiger partial charge in [-0.2, -0.15) is 14.0 Å². The SMILES string of the molecule is C[C@H](O)C(F)(F)c1cccc([C@@H](C)Nc2ncnc3nc(Cl)c(C4(C#N)CC4)cc23)c1F. The van der Waals surface area contributed by atoms with E-state index in [1.165, 1.54) is 18.5 Å². The number of fused-ring (bicyclic) bond motifs is 1. The summed E-state index contributed by atoms with van der Waals surface area (Å²) in [5.74, 6) is -4.55.